The van der Waals surface area contributed by atoms with Crippen LogP contribution in [0.5, 0.6) is 5.75 Å². The molecule has 2 heterocycles. The number of hydrogen-bond donors (Lipinski definition) is 0. The van der Waals surface area contributed by atoms with Crippen molar-refractivity contribution in [1.82, 2.24) is 14.7 Å². The van der Waals surface area contributed by atoms with E-state index in [0.29, 0.717) is 24.6 Å². The molecule has 0 N–H and O–H groups in total. The molecule has 0 spiro atoms. The third-order valence-corrected chi connectivity index (χ3v) is 5.67. The van der Waals surface area contributed by atoms with E-state index in [4.69, 9.17) is 4.74 Å². The number of aryl methyl sites for hydroxylation is 1. The minimum absolute atomic E-state index is 0.0558. The van der Waals surface area contributed by atoms with E-state index in [0.717, 1.165) is 44.2 Å². The second-order valence-electron chi connectivity index (χ2n) is 7.63. The summed E-state index contributed by atoms with van der Waals surface area (Å²) in [6.45, 7) is 2.00. The summed E-state index contributed by atoms with van der Waals surface area (Å²) in [7, 11) is 1.94. The van der Waals surface area contributed by atoms with Gasteiger partial charge in [0.2, 0.25) is 0 Å². The summed E-state index contributed by atoms with van der Waals surface area (Å²) in [6, 6.07) is 6.08. The van der Waals surface area contributed by atoms with E-state index in [1.807, 2.05) is 16.6 Å². The lowest BCUT2D eigenvalue weighted by molar-refractivity contribution is 0.0625. The van der Waals surface area contributed by atoms with Crippen LogP contribution < -0.4 is 4.74 Å². The first-order chi connectivity index (χ1) is 13.1. The second-order valence-corrected chi connectivity index (χ2v) is 7.63. The Bertz CT molecular complexity index is 816. The zero-order valence-electron chi connectivity index (χ0n) is 15.8. The standard InChI is InChI=1S/C21H26FN3O2/c1-24-19-7-3-2-6-18(19)20(23-24)21(26)25-12-4-5-15(13-25)14-27-17-10-8-16(22)9-11-17/h8-11,15H,2-7,12-14H2,1H3. The number of likely N-dealkylation sites (tertiary alicyclic amines) is 1. The topological polar surface area (TPSA) is 47.4 Å². The minimum atomic E-state index is -0.268. The van der Waals surface area contributed by atoms with E-state index in [9.17, 15) is 9.18 Å². The number of aromatic nitrogens is 2. The Kier molecular flexibility index (Phi) is 5.14. The number of nitrogens with zero attached hydrogens (tertiary/aromatic N) is 3. The van der Waals surface area contributed by atoms with Gasteiger partial charge in [-0.1, -0.05) is 0 Å². The van der Waals surface area contributed by atoms with Crippen LogP contribution in [-0.4, -0.2) is 40.3 Å². The maximum atomic E-state index is 13.1. The molecule has 1 aliphatic carbocycles. The van der Waals surface area contributed by atoms with Gasteiger partial charge in [0.25, 0.3) is 5.91 Å². The number of hydrogen-bond acceptors (Lipinski definition) is 3. The predicted molar refractivity (Wildman–Crippen MR) is 100 cm³/mol. The second kappa shape index (κ2) is 7.71. The first-order valence-electron chi connectivity index (χ1n) is 9.84. The number of carbonyl (C=O) groups is 1. The van der Waals surface area contributed by atoms with Gasteiger partial charge in [-0.15, -0.1) is 0 Å². The predicted octanol–water partition coefficient (Wildman–Crippen LogP) is 3.37. The van der Waals surface area contributed by atoms with E-state index >= 15 is 0 Å². The lowest BCUT2D eigenvalue weighted by atomic mass is 9.94. The van der Waals surface area contributed by atoms with Gasteiger partial charge >= 0.3 is 0 Å². The Morgan fingerprint density at radius 3 is 2.81 bits per heavy atom. The number of amides is 1. The SMILES string of the molecule is Cn1nc(C(=O)N2CCCC(COc3ccc(F)cc3)C2)c2c1CCCC2. The summed E-state index contributed by atoms with van der Waals surface area (Å²) in [5, 5.41) is 4.55. The fraction of sp³-hybridized carbons (Fsp3) is 0.524. The molecule has 1 saturated heterocycles. The Morgan fingerprint density at radius 1 is 1.22 bits per heavy atom. The molecule has 2 aromatic rings. The Morgan fingerprint density at radius 2 is 2.00 bits per heavy atom. The maximum Gasteiger partial charge on any atom is 0.274 e. The molecule has 1 amide bonds. The van der Waals surface area contributed by atoms with Crippen LogP contribution in [0.15, 0.2) is 24.3 Å². The average molecular weight is 371 g/mol. The van der Waals surface area contributed by atoms with E-state index in [1.165, 1.54) is 24.2 Å². The fourth-order valence-corrected chi connectivity index (χ4v) is 4.22. The number of rotatable bonds is 4. The molecular formula is C21H26FN3O2. The summed E-state index contributed by atoms with van der Waals surface area (Å²) in [4.78, 5) is 15.0. The van der Waals surface area contributed by atoms with Crippen molar-refractivity contribution in [3.63, 3.8) is 0 Å². The molecule has 2 aliphatic rings. The lowest BCUT2D eigenvalue weighted by Gasteiger charge is -2.32. The van der Waals surface area contributed by atoms with Crippen molar-refractivity contribution in [3.8, 4) is 5.75 Å². The molecule has 1 unspecified atom stereocenters. The molecule has 6 heteroatoms. The molecule has 0 saturated carbocycles. The van der Waals surface area contributed by atoms with Crippen LogP contribution in [0, 0.1) is 11.7 Å². The van der Waals surface area contributed by atoms with Gasteiger partial charge in [-0.3, -0.25) is 9.48 Å². The van der Waals surface area contributed by atoms with Gasteiger partial charge in [0.1, 0.15) is 11.6 Å². The lowest BCUT2D eigenvalue weighted by Crippen LogP contribution is -2.42. The molecule has 1 aliphatic heterocycles. The monoisotopic (exact) mass is 371 g/mol. The average Bonchev–Trinajstić information content (AvgIpc) is 3.04. The van der Waals surface area contributed by atoms with Crippen LogP contribution in [0.3, 0.4) is 0 Å². The van der Waals surface area contributed by atoms with E-state index in [2.05, 4.69) is 5.10 Å². The molecule has 1 aromatic carbocycles. The van der Waals surface area contributed by atoms with Gasteiger partial charge in [0.05, 0.1) is 6.61 Å². The smallest absolute Gasteiger partial charge is 0.274 e. The van der Waals surface area contributed by atoms with Crippen molar-refractivity contribution in [2.45, 2.75) is 38.5 Å². The first-order valence-corrected chi connectivity index (χ1v) is 9.84. The summed E-state index contributed by atoms with van der Waals surface area (Å²) in [5.41, 5.74) is 3.02. The third-order valence-electron chi connectivity index (χ3n) is 5.67. The molecule has 5 nitrogen and oxygen atoms in total. The highest BCUT2D eigenvalue weighted by Gasteiger charge is 2.30. The Balaban J connectivity index is 1.40. The third kappa shape index (κ3) is 3.84. The fourth-order valence-electron chi connectivity index (χ4n) is 4.22. The van der Waals surface area contributed by atoms with Gasteiger partial charge in [0, 0.05) is 37.3 Å². The summed E-state index contributed by atoms with van der Waals surface area (Å²) >= 11 is 0. The van der Waals surface area contributed by atoms with Crippen LogP contribution in [0.2, 0.25) is 0 Å². The molecular weight excluding hydrogens is 345 g/mol. The molecule has 1 fully saturated rings. The van der Waals surface area contributed by atoms with Gasteiger partial charge in [-0.05, 0) is 62.8 Å². The van der Waals surface area contributed by atoms with E-state index < -0.39 is 0 Å². The van der Waals surface area contributed by atoms with Crippen LogP contribution in [0.4, 0.5) is 4.39 Å². The zero-order chi connectivity index (χ0) is 18.8. The van der Waals surface area contributed by atoms with Gasteiger partial charge in [-0.2, -0.15) is 5.10 Å². The van der Waals surface area contributed by atoms with Crippen LogP contribution in [0.25, 0.3) is 0 Å². The van der Waals surface area contributed by atoms with Gasteiger partial charge < -0.3 is 9.64 Å². The van der Waals surface area contributed by atoms with Crippen LogP contribution >= 0.6 is 0 Å². The highest BCUT2D eigenvalue weighted by molar-refractivity contribution is 5.94. The molecule has 1 atom stereocenters. The van der Waals surface area contributed by atoms with Crippen LogP contribution in [0.1, 0.15) is 47.4 Å². The number of ether oxygens (including phenoxy) is 1. The molecule has 27 heavy (non-hydrogen) atoms. The van der Waals surface area contributed by atoms with Crippen molar-refractivity contribution >= 4 is 5.91 Å². The van der Waals surface area contributed by atoms with E-state index in [1.54, 1.807) is 12.1 Å². The first kappa shape index (κ1) is 18.0. The largest absolute Gasteiger partial charge is 0.493 e. The highest BCUT2D eigenvalue weighted by atomic mass is 19.1. The number of piperidine rings is 1. The molecule has 1 aromatic heterocycles. The summed E-state index contributed by atoms with van der Waals surface area (Å²) in [6.07, 6.45) is 6.28. The number of benzene rings is 1. The number of halogens is 1. The summed E-state index contributed by atoms with van der Waals surface area (Å²) < 4.78 is 20.7. The highest BCUT2D eigenvalue weighted by Crippen LogP contribution is 2.26. The van der Waals surface area contributed by atoms with E-state index in [-0.39, 0.29) is 17.6 Å². The Hall–Kier alpha value is -2.37. The van der Waals surface area contributed by atoms with Crippen molar-refractivity contribution in [2.75, 3.05) is 19.7 Å². The van der Waals surface area contributed by atoms with Crippen molar-refractivity contribution in [3.05, 3.63) is 47.0 Å². The summed E-state index contributed by atoms with van der Waals surface area (Å²) in [5.74, 6) is 0.738. The minimum Gasteiger partial charge on any atom is -0.493 e. The molecule has 0 radical (unpaired) electrons. The van der Waals surface area contributed by atoms with Crippen molar-refractivity contribution in [1.29, 1.82) is 0 Å². The maximum absolute atomic E-state index is 13.1. The molecule has 144 valence electrons. The number of fused-ring (bicyclic) bond motifs is 1. The number of carbonyl (C=O) groups excluding carboxylic acids is 1. The van der Waals surface area contributed by atoms with Crippen molar-refractivity contribution in [2.24, 2.45) is 13.0 Å². The zero-order valence-corrected chi connectivity index (χ0v) is 15.8. The van der Waals surface area contributed by atoms with Crippen LogP contribution in [-0.2, 0) is 19.9 Å². The van der Waals surface area contributed by atoms with Gasteiger partial charge in [-0.25, -0.2) is 4.39 Å². The Labute approximate surface area is 159 Å². The molecule has 0 bridgehead atoms. The van der Waals surface area contributed by atoms with Gasteiger partial charge in [0.15, 0.2) is 5.69 Å². The van der Waals surface area contributed by atoms with Crippen molar-refractivity contribution < 1.29 is 13.9 Å². The quantitative estimate of drug-likeness (QED) is 0.828. The molecule has 4 rings (SSSR count). The normalized spacial score (nSPS) is 19.6.